The van der Waals surface area contributed by atoms with Crippen LogP contribution in [-0.2, 0) is 46.1 Å². The highest BCUT2D eigenvalue weighted by Crippen LogP contribution is 2.40. The van der Waals surface area contributed by atoms with E-state index in [4.69, 9.17) is 36.1 Å². The van der Waals surface area contributed by atoms with Gasteiger partial charge in [-0.25, -0.2) is 25.1 Å². The zero-order chi connectivity index (χ0) is 30.9. The van der Waals surface area contributed by atoms with E-state index in [1.807, 2.05) is 60.7 Å². The molecule has 0 bridgehead atoms. The average Bonchev–Trinajstić information content (AvgIpc) is 3.65. The Labute approximate surface area is 257 Å². The van der Waals surface area contributed by atoms with Gasteiger partial charge in [-0.1, -0.05) is 60.7 Å². The van der Waals surface area contributed by atoms with E-state index in [1.54, 1.807) is 4.57 Å². The summed E-state index contributed by atoms with van der Waals surface area (Å²) in [5, 5.41) is 5.30. The summed E-state index contributed by atoms with van der Waals surface area (Å²) in [5.41, 5.74) is 8.28. The van der Waals surface area contributed by atoms with Crippen molar-refractivity contribution in [1.82, 2.24) is 29.7 Å². The Kier molecular flexibility index (Phi) is 10.5. The van der Waals surface area contributed by atoms with E-state index in [0.29, 0.717) is 24.0 Å². The molecule has 2 aromatic carbocycles. The van der Waals surface area contributed by atoms with E-state index in [9.17, 15) is 14.2 Å². The lowest BCUT2D eigenvalue weighted by Gasteiger charge is -2.22. The van der Waals surface area contributed by atoms with Gasteiger partial charge >= 0.3 is 19.6 Å². The van der Waals surface area contributed by atoms with E-state index in [-0.39, 0.29) is 30.9 Å². The Morgan fingerprint density at radius 2 is 1.55 bits per heavy atom. The summed E-state index contributed by atoms with van der Waals surface area (Å²) in [4.78, 5) is 37.2. The second kappa shape index (κ2) is 14.7. The number of ether oxygens (including phenoxy) is 3. The normalized spacial score (nSPS) is 16.7. The van der Waals surface area contributed by atoms with Crippen LogP contribution in [0.2, 0.25) is 5.28 Å². The summed E-state index contributed by atoms with van der Waals surface area (Å²) in [5.74, 6) is -1.13. The lowest BCUT2D eigenvalue weighted by molar-refractivity contribution is -0.144. The molecule has 0 radical (unpaired) electrons. The van der Waals surface area contributed by atoms with Crippen LogP contribution >= 0.6 is 19.3 Å². The van der Waals surface area contributed by atoms with E-state index < -0.39 is 45.0 Å². The van der Waals surface area contributed by atoms with Gasteiger partial charge in [-0.2, -0.15) is 0 Å². The van der Waals surface area contributed by atoms with E-state index >= 15 is 0 Å². The first-order chi connectivity index (χ1) is 21.3. The molecule has 232 valence electrons. The number of esters is 2. The molecular formula is C28H31ClN7O7P. The van der Waals surface area contributed by atoms with Crippen molar-refractivity contribution in [3.8, 4) is 0 Å². The maximum Gasteiger partial charge on any atom is 0.341 e. The van der Waals surface area contributed by atoms with Gasteiger partial charge in [0, 0.05) is 0 Å². The number of nitrogens with one attached hydrogen (secondary N) is 2. The zero-order valence-corrected chi connectivity index (χ0v) is 25.2. The molecule has 0 saturated carbocycles. The first-order valence-electron chi connectivity index (χ1n) is 13.7. The predicted octanol–water partition coefficient (Wildman–Crippen LogP) is 3.53. The first kappa shape index (κ1) is 31.5. The fraction of sp³-hybridized carbons (Fsp3) is 0.321. The maximum absolute atomic E-state index is 13.7. The van der Waals surface area contributed by atoms with E-state index in [2.05, 4.69) is 25.1 Å². The van der Waals surface area contributed by atoms with Gasteiger partial charge < -0.3 is 24.5 Å². The number of nitrogens with two attached hydrogens (primary N) is 1. The molecule has 5 rings (SSSR count). The van der Waals surface area contributed by atoms with Gasteiger partial charge in [0.2, 0.25) is 5.28 Å². The van der Waals surface area contributed by atoms with Crippen LogP contribution in [0.3, 0.4) is 0 Å². The standard InChI is InChI=1S/C28H31ClN7O7P/c29-28-35-25-26(30)31-18-32-27(25)36(28)22-12-11-21(43-22)17-42-44(39,33-13-23(37)40-15-19-7-3-1-4-8-19)34-14-24(38)41-16-20-9-5-2-6-10-20/h1-10,18,21-22H,11-17H2,(H2,30,31,32)(H2,33,34,39). The van der Waals surface area contributed by atoms with Crippen molar-refractivity contribution in [2.75, 3.05) is 25.4 Å². The fourth-order valence-corrected chi connectivity index (χ4v) is 6.02. The highest BCUT2D eigenvalue weighted by molar-refractivity contribution is 7.54. The molecule has 0 spiro atoms. The van der Waals surface area contributed by atoms with Gasteiger partial charge in [0.1, 0.15) is 38.9 Å². The third-order valence-corrected chi connectivity index (χ3v) is 8.55. The predicted molar refractivity (Wildman–Crippen MR) is 160 cm³/mol. The molecule has 1 aliphatic heterocycles. The van der Waals surface area contributed by atoms with Crippen molar-refractivity contribution >= 4 is 48.2 Å². The minimum Gasteiger partial charge on any atom is -0.460 e. The van der Waals surface area contributed by atoms with Crippen molar-refractivity contribution in [3.63, 3.8) is 0 Å². The zero-order valence-electron chi connectivity index (χ0n) is 23.5. The molecule has 16 heteroatoms. The Balaban J connectivity index is 1.18. The number of benzene rings is 2. The number of anilines is 1. The summed E-state index contributed by atoms with van der Waals surface area (Å²) in [6, 6.07) is 18.3. The van der Waals surface area contributed by atoms with Crippen LogP contribution in [-0.4, -0.2) is 57.3 Å². The Morgan fingerprint density at radius 1 is 0.955 bits per heavy atom. The van der Waals surface area contributed by atoms with Crippen molar-refractivity contribution in [2.45, 2.75) is 38.4 Å². The average molecular weight is 644 g/mol. The van der Waals surface area contributed by atoms with Crippen molar-refractivity contribution in [3.05, 3.63) is 83.4 Å². The van der Waals surface area contributed by atoms with Crippen LogP contribution in [0.1, 0.15) is 30.2 Å². The number of nitrogens with zero attached hydrogens (tertiary/aromatic N) is 4. The third-order valence-electron chi connectivity index (χ3n) is 6.63. The van der Waals surface area contributed by atoms with Crippen LogP contribution in [0, 0.1) is 0 Å². The molecule has 4 N–H and O–H groups in total. The fourth-order valence-electron chi connectivity index (χ4n) is 4.40. The molecule has 44 heavy (non-hydrogen) atoms. The summed E-state index contributed by atoms with van der Waals surface area (Å²) in [6.45, 7) is -0.923. The SMILES string of the molecule is Nc1ncnc2c1nc(Cl)n2C1CCC(COP(=O)(NCC(=O)OCc2ccccc2)NCC(=O)OCc2ccccc2)O1. The van der Waals surface area contributed by atoms with Crippen LogP contribution in [0.25, 0.3) is 11.2 Å². The highest BCUT2D eigenvalue weighted by atomic mass is 35.5. The number of halogens is 1. The van der Waals surface area contributed by atoms with Gasteiger partial charge in [-0.3, -0.25) is 18.7 Å². The molecule has 2 aromatic heterocycles. The Morgan fingerprint density at radius 3 is 2.14 bits per heavy atom. The molecule has 1 aliphatic rings. The number of hydrogen-bond donors (Lipinski definition) is 3. The number of carbonyl (C=O) groups excluding carboxylic acids is 2. The molecule has 1 saturated heterocycles. The minimum atomic E-state index is -3.97. The number of fused-ring (bicyclic) bond motifs is 1. The molecule has 4 aromatic rings. The van der Waals surface area contributed by atoms with Crippen molar-refractivity contribution < 1.29 is 32.9 Å². The molecule has 1 fully saturated rings. The van der Waals surface area contributed by atoms with Gasteiger partial charge in [-0.05, 0) is 35.6 Å². The highest BCUT2D eigenvalue weighted by Gasteiger charge is 2.33. The number of nitrogen functional groups attached to an aromatic ring is 1. The van der Waals surface area contributed by atoms with Gasteiger partial charge in [-0.15, -0.1) is 0 Å². The topological polar surface area (TPSA) is 182 Å². The first-order valence-corrected chi connectivity index (χ1v) is 15.7. The summed E-state index contributed by atoms with van der Waals surface area (Å²) < 4.78 is 37.7. The molecular weight excluding hydrogens is 613 g/mol. The molecule has 14 nitrogen and oxygen atoms in total. The van der Waals surface area contributed by atoms with Gasteiger partial charge in [0.05, 0.1) is 12.7 Å². The monoisotopic (exact) mass is 643 g/mol. The van der Waals surface area contributed by atoms with Crippen molar-refractivity contribution in [2.24, 2.45) is 0 Å². The Hall–Kier alpha value is -3.91. The maximum atomic E-state index is 13.7. The number of hydrogen-bond acceptors (Lipinski definition) is 11. The second-order valence-corrected chi connectivity index (χ2v) is 12.1. The van der Waals surface area contributed by atoms with E-state index in [0.717, 1.165) is 11.1 Å². The summed E-state index contributed by atoms with van der Waals surface area (Å²) in [7, 11) is -3.97. The van der Waals surface area contributed by atoms with Crippen molar-refractivity contribution in [1.29, 1.82) is 0 Å². The smallest absolute Gasteiger partial charge is 0.341 e. The van der Waals surface area contributed by atoms with Crippen LogP contribution in [0.5, 0.6) is 0 Å². The number of aromatic nitrogens is 4. The van der Waals surface area contributed by atoms with Gasteiger partial charge in [0.15, 0.2) is 17.0 Å². The lowest BCUT2D eigenvalue weighted by Crippen LogP contribution is -2.34. The second-order valence-electron chi connectivity index (χ2n) is 9.78. The van der Waals surface area contributed by atoms with Gasteiger partial charge in [0.25, 0.3) is 0 Å². The molecule has 0 amide bonds. The van der Waals surface area contributed by atoms with Crippen LogP contribution in [0.4, 0.5) is 5.82 Å². The lowest BCUT2D eigenvalue weighted by atomic mass is 10.2. The third kappa shape index (κ3) is 8.38. The number of rotatable bonds is 14. The summed E-state index contributed by atoms with van der Waals surface area (Å²) >= 11 is 6.35. The molecule has 2 unspecified atom stereocenters. The summed E-state index contributed by atoms with van der Waals surface area (Å²) in [6.07, 6.45) is 1.34. The largest absolute Gasteiger partial charge is 0.460 e. The van der Waals surface area contributed by atoms with Crippen LogP contribution < -0.4 is 15.9 Å². The van der Waals surface area contributed by atoms with Crippen LogP contribution in [0.15, 0.2) is 67.0 Å². The number of carbonyl (C=O) groups is 2. The molecule has 0 aliphatic carbocycles. The molecule has 3 heterocycles. The number of imidazole rings is 1. The Bertz CT molecular complexity index is 1560. The minimum absolute atomic E-state index is 0.0467. The quantitative estimate of drug-likeness (QED) is 0.103. The van der Waals surface area contributed by atoms with E-state index in [1.165, 1.54) is 6.33 Å². The molecule has 2 atom stereocenters.